The molecule has 1 aromatic heterocycles. The van der Waals surface area contributed by atoms with Gasteiger partial charge in [0.05, 0.1) is 0 Å². The molecule has 0 bridgehead atoms. The Morgan fingerprint density at radius 3 is 2.92 bits per heavy atom. The largest absolute Gasteiger partial charge is 0.362 e. The fourth-order valence-electron chi connectivity index (χ4n) is 2.17. The molecule has 2 rings (SSSR count). The number of unbranched alkanes of at least 4 members (excludes halogenated alkanes) is 1. The minimum Gasteiger partial charge on any atom is -0.362 e. The van der Waals surface area contributed by atoms with Gasteiger partial charge in [-0.2, -0.15) is 0 Å². The van der Waals surface area contributed by atoms with Crippen LogP contribution in [0.2, 0.25) is 0 Å². The van der Waals surface area contributed by atoms with Crippen LogP contribution >= 0.6 is 0 Å². The molecule has 1 nitrogen and oxygen atoms in total. The zero-order valence-corrected chi connectivity index (χ0v) is 8.53. The minimum atomic E-state index is 1.24. The first-order valence-corrected chi connectivity index (χ1v) is 5.60. The van der Waals surface area contributed by atoms with Gasteiger partial charge in [0.25, 0.3) is 0 Å². The molecule has 0 amide bonds. The summed E-state index contributed by atoms with van der Waals surface area (Å²) in [4.78, 5) is 3.57. The highest BCUT2D eigenvalue weighted by atomic mass is 14.7. The molecular weight excluding hydrogens is 158 g/mol. The van der Waals surface area contributed by atoms with E-state index in [-0.39, 0.29) is 0 Å². The lowest BCUT2D eigenvalue weighted by Gasteiger charge is -2.09. The van der Waals surface area contributed by atoms with Gasteiger partial charge in [-0.1, -0.05) is 13.3 Å². The van der Waals surface area contributed by atoms with Crippen LogP contribution in [0.1, 0.15) is 49.6 Å². The number of fused-ring (bicyclic) bond motifs is 1. The van der Waals surface area contributed by atoms with Gasteiger partial charge in [0.2, 0.25) is 0 Å². The van der Waals surface area contributed by atoms with Crippen molar-refractivity contribution < 1.29 is 0 Å². The zero-order chi connectivity index (χ0) is 9.10. The van der Waals surface area contributed by atoms with Crippen molar-refractivity contribution in [2.24, 2.45) is 0 Å². The fourth-order valence-corrected chi connectivity index (χ4v) is 2.17. The predicted molar refractivity (Wildman–Crippen MR) is 56.0 cm³/mol. The Labute approximate surface area is 80.6 Å². The maximum absolute atomic E-state index is 3.57. The molecule has 1 aromatic rings. The predicted octanol–water partition coefficient (Wildman–Crippen LogP) is 3.24. The second kappa shape index (κ2) is 3.99. The number of rotatable bonds is 3. The van der Waals surface area contributed by atoms with Gasteiger partial charge in [0.15, 0.2) is 0 Å². The lowest BCUT2D eigenvalue weighted by Crippen LogP contribution is -1.99. The molecule has 0 radical (unpaired) electrons. The van der Waals surface area contributed by atoms with Crippen LogP contribution in [-0.4, -0.2) is 4.98 Å². The maximum atomic E-state index is 3.57. The molecule has 0 aliphatic heterocycles. The van der Waals surface area contributed by atoms with Crippen molar-refractivity contribution >= 4 is 0 Å². The molecule has 1 N–H and O–H groups in total. The van der Waals surface area contributed by atoms with Gasteiger partial charge in [-0.3, -0.25) is 0 Å². The Hall–Kier alpha value is -0.720. The van der Waals surface area contributed by atoms with E-state index < -0.39 is 0 Å². The van der Waals surface area contributed by atoms with Gasteiger partial charge >= 0.3 is 0 Å². The zero-order valence-electron chi connectivity index (χ0n) is 8.53. The molecule has 1 aliphatic rings. The lowest BCUT2D eigenvalue weighted by atomic mass is 9.98. The average Bonchev–Trinajstić information content (AvgIpc) is 2.57. The third-order valence-corrected chi connectivity index (χ3v) is 2.97. The standard InChI is InChI=1S/C12H19N/c1-2-3-7-11-9-10-6-4-5-8-12(10)13-11/h9,13H,2-8H2,1H3. The van der Waals surface area contributed by atoms with Crippen LogP contribution in [0.15, 0.2) is 6.07 Å². The molecule has 0 fully saturated rings. The van der Waals surface area contributed by atoms with Crippen LogP contribution in [0.5, 0.6) is 0 Å². The van der Waals surface area contributed by atoms with Crippen molar-refractivity contribution in [3.05, 3.63) is 23.0 Å². The quantitative estimate of drug-likeness (QED) is 0.729. The summed E-state index contributed by atoms with van der Waals surface area (Å²) in [6.45, 7) is 2.25. The number of nitrogens with one attached hydrogen (secondary N) is 1. The SMILES string of the molecule is CCCCc1cc2c([nH]1)CCCC2. The van der Waals surface area contributed by atoms with Crippen molar-refractivity contribution in [1.82, 2.24) is 4.98 Å². The second-order valence-corrected chi connectivity index (χ2v) is 4.11. The van der Waals surface area contributed by atoms with E-state index in [4.69, 9.17) is 0 Å². The van der Waals surface area contributed by atoms with E-state index >= 15 is 0 Å². The van der Waals surface area contributed by atoms with Gasteiger partial charge in [-0.25, -0.2) is 0 Å². The molecule has 72 valence electrons. The minimum absolute atomic E-state index is 1.24. The smallest absolute Gasteiger partial charge is 0.0181 e. The van der Waals surface area contributed by atoms with E-state index in [9.17, 15) is 0 Å². The van der Waals surface area contributed by atoms with Crippen LogP contribution < -0.4 is 0 Å². The highest BCUT2D eigenvalue weighted by molar-refractivity contribution is 5.28. The molecule has 13 heavy (non-hydrogen) atoms. The topological polar surface area (TPSA) is 15.8 Å². The average molecular weight is 177 g/mol. The molecule has 0 unspecified atom stereocenters. The summed E-state index contributed by atoms with van der Waals surface area (Å²) in [6, 6.07) is 2.39. The summed E-state index contributed by atoms with van der Waals surface area (Å²) in [6.07, 6.45) is 9.20. The van der Waals surface area contributed by atoms with Crippen LogP contribution in [0, 0.1) is 0 Å². The Kier molecular flexibility index (Phi) is 2.72. The molecule has 1 aliphatic carbocycles. The van der Waals surface area contributed by atoms with Gasteiger partial charge in [-0.05, 0) is 50.2 Å². The van der Waals surface area contributed by atoms with Crippen molar-refractivity contribution in [3.8, 4) is 0 Å². The Bertz CT molecular complexity index is 249. The fraction of sp³-hybridized carbons (Fsp3) is 0.667. The summed E-state index contributed by atoms with van der Waals surface area (Å²) < 4.78 is 0. The van der Waals surface area contributed by atoms with E-state index in [0.29, 0.717) is 0 Å². The lowest BCUT2D eigenvalue weighted by molar-refractivity contribution is 0.675. The van der Waals surface area contributed by atoms with E-state index in [2.05, 4.69) is 18.0 Å². The summed E-state index contributed by atoms with van der Waals surface area (Å²) in [5.74, 6) is 0. The molecule has 1 heterocycles. The van der Waals surface area contributed by atoms with Crippen LogP contribution in [0.25, 0.3) is 0 Å². The number of aromatic amines is 1. The number of aryl methyl sites for hydroxylation is 3. The van der Waals surface area contributed by atoms with Gasteiger partial charge in [0, 0.05) is 11.4 Å². The third kappa shape index (κ3) is 1.96. The highest BCUT2D eigenvalue weighted by Gasteiger charge is 2.11. The number of H-pyrrole nitrogens is 1. The molecule has 0 spiro atoms. The van der Waals surface area contributed by atoms with Crippen molar-refractivity contribution in [2.45, 2.75) is 51.9 Å². The van der Waals surface area contributed by atoms with Gasteiger partial charge in [-0.15, -0.1) is 0 Å². The van der Waals surface area contributed by atoms with Crippen LogP contribution in [0.4, 0.5) is 0 Å². The van der Waals surface area contributed by atoms with Crippen molar-refractivity contribution in [1.29, 1.82) is 0 Å². The van der Waals surface area contributed by atoms with E-state index in [1.807, 2.05) is 0 Å². The first-order valence-electron chi connectivity index (χ1n) is 5.60. The third-order valence-electron chi connectivity index (χ3n) is 2.97. The molecule has 0 saturated heterocycles. The first kappa shape index (κ1) is 8.86. The molecule has 1 heteroatoms. The Morgan fingerprint density at radius 1 is 1.31 bits per heavy atom. The molecule has 0 aromatic carbocycles. The van der Waals surface area contributed by atoms with E-state index in [0.717, 1.165) is 0 Å². The van der Waals surface area contributed by atoms with Crippen molar-refractivity contribution in [2.75, 3.05) is 0 Å². The first-order chi connectivity index (χ1) is 6.40. The summed E-state index contributed by atoms with van der Waals surface area (Å²) >= 11 is 0. The number of hydrogen-bond donors (Lipinski definition) is 1. The van der Waals surface area contributed by atoms with E-state index in [1.54, 1.807) is 5.56 Å². The normalized spacial score (nSPS) is 15.8. The molecule has 0 atom stereocenters. The number of aromatic nitrogens is 1. The maximum Gasteiger partial charge on any atom is 0.0181 e. The Morgan fingerprint density at radius 2 is 2.15 bits per heavy atom. The van der Waals surface area contributed by atoms with Gasteiger partial charge in [0.1, 0.15) is 0 Å². The van der Waals surface area contributed by atoms with Crippen molar-refractivity contribution in [3.63, 3.8) is 0 Å². The summed E-state index contributed by atoms with van der Waals surface area (Å²) in [7, 11) is 0. The highest BCUT2D eigenvalue weighted by Crippen LogP contribution is 2.22. The Balaban J connectivity index is 2.07. The molecular formula is C12H19N. The van der Waals surface area contributed by atoms with E-state index in [1.165, 1.54) is 56.3 Å². The summed E-state index contributed by atoms with van der Waals surface area (Å²) in [5, 5.41) is 0. The number of hydrogen-bond acceptors (Lipinski definition) is 0. The summed E-state index contributed by atoms with van der Waals surface area (Å²) in [5.41, 5.74) is 4.59. The molecule has 0 saturated carbocycles. The van der Waals surface area contributed by atoms with Crippen LogP contribution in [0.3, 0.4) is 0 Å². The van der Waals surface area contributed by atoms with Crippen LogP contribution in [-0.2, 0) is 19.3 Å². The van der Waals surface area contributed by atoms with Gasteiger partial charge < -0.3 is 4.98 Å². The monoisotopic (exact) mass is 177 g/mol. The second-order valence-electron chi connectivity index (χ2n) is 4.11.